The van der Waals surface area contributed by atoms with Crippen molar-refractivity contribution in [3.8, 4) is 33.7 Å². The van der Waals surface area contributed by atoms with Gasteiger partial charge in [-0.05, 0) is 58.1 Å². The Bertz CT molecular complexity index is 1890. The van der Waals surface area contributed by atoms with Gasteiger partial charge in [-0.15, -0.1) is 0 Å². The Balaban J connectivity index is 1.51. The fourth-order valence-electron chi connectivity index (χ4n) is 5.06. The zero-order valence-electron chi connectivity index (χ0n) is 19.3. The first-order valence-electron chi connectivity index (χ1n) is 11.9. The summed E-state index contributed by atoms with van der Waals surface area (Å²) in [6.07, 6.45) is 1.83. The molecule has 0 unspecified atom stereocenters. The molecule has 36 heavy (non-hydrogen) atoms. The minimum absolute atomic E-state index is 0.233. The molecular formula is C33H20FNO. The van der Waals surface area contributed by atoms with Crippen molar-refractivity contribution in [2.24, 2.45) is 0 Å². The Hall–Kier alpha value is -4.76. The molecule has 0 atom stereocenters. The third kappa shape index (κ3) is 3.37. The van der Waals surface area contributed by atoms with Crippen LogP contribution in [0, 0.1) is 5.82 Å². The van der Waals surface area contributed by atoms with Gasteiger partial charge in [-0.3, -0.25) is 4.98 Å². The molecule has 2 nitrogen and oxygen atoms in total. The highest BCUT2D eigenvalue weighted by Crippen LogP contribution is 2.40. The Morgan fingerprint density at radius 2 is 1.31 bits per heavy atom. The molecule has 0 aliphatic rings. The van der Waals surface area contributed by atoms with Gasteiger partial charge in [0.05, 0.1) is 5.69 Å². The number of aromatic nitrogens is 1. The van der Waals surface area contributed by atoms with Crippen LogP contribution in [0.3, 0.4) is 0 Å². The van der Waals surface area contributed by atoms with Crippen LogP contribution in [0.15, 0.2) is 126 Å². The second-order valence-electron chi connectivity index (χ2n) is 8.97. The van der Waals surface area contributed by atoms with Gasteiger partial charge in [-0.1, -0.05) is 78.9 Å². The van der Waals surface area contributed by atoms with Crippen LogP contribution in [0.4, 0.5) is 4.39 Å². The van der Waals surface area contributed by atoms with Crippen LogP contribution < -0.4 is 0 Å². The Morgan fingerprint density at radius 1 is 0.556 bits per heavy atom. The molecule has 7 aromatic rings. The number of rotatable bonds is 3. The molecule has 2 heterocycles. The predicted molar refractivity (Wildman–Crippen MR) is 145 cm³/mol. The minimum atomic E-state index is -0.233. The van der Waals surface area contributed by atoms with Crippen LogP contribution in [0.2, 0.25) is 0 Å². The van der Waals surface area contributed by atoms with Gasteiger partial charge < -0.3 is 4.42 Å². The zero-order valence-corrected chi connectivity index (χ0v) is 19.3. The third-order valence-electron chi connectivity index (χ3n) is 6.76. The normalized spacial score (nSPS) is 11.5. The van der Waals surface area contributed by atoms with Crippen LogP contribution in [0.5, 0.6) is 0 Å². The Labute approximate surface area is 207 Å². The second-order valence-corrected chi connectivity index (χ2v) is 8.97. The van der Waals surface area contributed by atoms with Gasteiger partial charge in [0.1, 0.15) is 17.2 Å². The number of halogens is 1. The summed E-state index contributed by atoms with van der Waals surface area (Å²) in [4.78, 5) is 4.80. The lowest BCUT2D eigenvalue weighted by Crippen LogP contribution is -1.89. The fraction of sp³-hybridized carbons (Fsp3) is 0. The summed E-state index contributed by atoms with van der Waals surface area (Å²) >= 11 is 0. The molecule has 0 N–H and O–H groups in total. The summed E-state index contributed by atoms with van der Waals surface area (Å²) in [7, 11) is 0. The molecule has 0 aliphatic carbocycles. The lowest BCUT2D eigenvalue weighted by Gasteiger charge is -2.11. The van der Waals surface area contributed by atoms with Crippen molar-refractivity contribution >= 4 is 32.5 Å². The van der Waals surface area contributed by atoms with Crippen molar-refractivity contribution < 1.29 is 8.81 Å². The number of benzene rings is 5. The van der Waals surface area contributed by atoms with E-state index in [1.807, 2.05) is 66.9 Å². The van der Waals surface area contributed by atoms with Gasteiger partial charge >= 0.3 is 0 Å². The summed E-state index contributed by atoms with van der Waals surface area (Å²) in [5, 5.41) is 4.99. The predicted octanol–water partition coefficient (Wildman–Crippen LogP) is 9.27. The molecule has 0 bridgehead atoms. The molecule has 7 rings (SSSR count). The Morgan fingerprint density at radius 3 is 2.11 bits per heavy atom. The largest absolute Gasteiger partial charge is 0.455 e. The summed E-state index contributed by atoms with van der Waals surface area (Å²) in [6.45, 7) is 0. The van der Waals surface area contributed by atoms with Crippen LogP contribution >= 0.6 is 0 Å². The van der Waals surface area contributed by atoms with Crippen LogP contribution in [-0.4, -0.2) is 4.98 Å². The number of fused-ring (bicyclic) bond motifs is 4. The minimum Gasteiger partial charge on any atom is -0.455 e. The maximum atomic E-state index is 13.8. The van der Waals surface area contributed by atoms with Gasteiger partial charge in [0, 0.05) is 33.7 Å². The van der Waals surface area contributed by atoms with E-state index in [2.05, 4.69) is 42.5 Å². The van der Waals surface area contributed by atoms with Gasteiger partial charge in [-0.25, -0.2) is 4.39 Å². The average molecular weight is 466 g/mol. The maximum Gasteiger partial charge on any atom is 0.142 e. The zero-order chi connectivity index (χ0) is 24.1. The maximum absolute atomic E-state index is 13.8. The number of hydrogen-bond donors (Lipinski definition) is 0. The van der Waals surface area contributed by atoms with Crippen molar-refractivity contribution in [2.45, 2.75) is 0 Å². The SMILES string of the molecule is Fc1ccc2c(ccc3c(-c4cc(-c5ccccc5)c5oc(-c6ccccc6)cc5c4)nccc32)c1. The third-order valence-corrected chi connectivity index (χ3v) is 6.76. The second kappa shape index (κ2) is 8.17. The van der Waals surface area contributed by atoms with E-state index in [-0.39, 0.29) is 5.82 Å². The standard InChI is InChI=1S/C33H20FNO/c34-26-12-14-27-23(18-26)11-13-29-28(27)15-16-35-32(29)24-17-25-20-31(22-9-5-2-6-10-22)36-33(25)30(19-24)21-7-3-1-4-8-21/h1-20H. The molecule has 0 aliphatic heterocycles. The highest BCUT2D eigenvalue weighted by Gasteiger charge is 2.16. The van der Waals surface area contributed by atoms with E-state index in [1.54, 1.807) is 6.07 Å². The molecule has 2 aromatic heterocycles. The molecule has 0 spiro atoms. The van der Waals surface area contributed by atoms with E-state index in [0.717, 1.165) is 66.2 Å². The van der Waals surface area contributed by atoms with Crippen molar-refractivity contribution in [3.63, 3.8) is 0 Å². The summed E-state index contributed by atoms with van der Waals surface area (Å²) in [5.74, 6) is 0.599. The number of nitrogens with zero attached hydrogens (tertiary/aromatic N) is 1. The van der Waals surface area contributed by atoms with E-state index in [1.165, 1.54) is 6.07 Å². The number of furan rings is 1. The van der Waals surface area contributed by atoms with Crippen LogP contribution in [0.1, 0.15) is 0 Å². The average Bonchev–Trinajstić information content (AvgIpc) is 3.37. The van der Waals surface area contributed by atoms with Crippen molar-refractivity contribution in [2.75, 3.05) is 0 Å². The first kappa shape index (κ1) is 20.6. The smallest absolute Gasteiger partial charge is 0.142 e. The molecule has 0 saturated heterocycles. The van der Waals surface area contributed by atoms with Crippen molar-refractivity contribution in [1.29, 1.82) is 0 Å². The quantitative estimate of drug-likeness (QED) is 0.243. The number of pyridine rings is 1. The van der Waals surface area contributed by atoms with Gasteiger partial charge in [0.25, 0.3) is 0 Å². The molecular weight excluding hydrogens is 445 g/mol. The monoisotopic (exact) mass is 465 g/mol. The highest BCUT2D eigenvalue weighted by molar-refractivity contribution is 6.12. The van der Waals surface area contributed by atoms with Gasteiger partial charge in [0.2, 0.25) is 0 Å². The topological polar surface area (TPSA) is 26.0 Å². The first-order valence-corrected chi connectivity index (χ1v) is 11.9. The molecule has 0 fully saturated rings. The molecule has 0 saturated carbocycles. The van der Waals surface area contributed by atoms with E-state index in [4.69, 9.17) is 9.40 Å². The van der Waals surface area contributed by atoms with Crippen LogP contribution in [0.25, 0.3) is 66.2 Å². The summed E-state index contributed by atoms with van der Waals surface area (Å²) in [6, 6.07) is 37.8. The van der Waals surface area contributed by atoms with E-state index in [0.29, 0.717) is 0 Å². The molecule has 170 valence electrons. The van der Waals surface area contributed by atoms with E-state index < -0.39 is 0 Å². The lowest BCUT2D eigenvalue weighted by molar-refractivity contribution is 0.629. The van der Waals surface area contributed by atoms with Crippen molar-refractivity contribution in [3.05, 3.63) is 127 Å². The Kier molecular flexibility index (Phi) is 4.68. The van der Waals surface area contributed by atoms with Gasteiger partial charge in [-0.2, -0.15) is 0 Å². The first-order chi connectivity index (χ1) is 17.7. The summed E-state index contributed by atoms with van der Waals surface area (Å²) in [5.41, 5.74) is 5.89. The van der Waals surface area contributed by atoms with Gasteiger partial charge in [0.15, 0.2) is 0 Å². The molecule has 0 amide bonds. The van der Waals surface area contributed by atoms with Crippen molar-refractivity contribution in [1.82, 2.24) is 4.98 Å². The highest BCUT2D eigenvalue weighted by atomic mass is 19.1. The molecule has 3 heteroatoms. The van der Waals surface area contributed by atoms with E-state index in [9.17, 15) is 4.39 Å². The number of hydrogen-bond acceptors (Lipinski definition) is 2. The molecule has 0 radical (unpaired) electrons. The molecule has 5 aromatic carbocycles. The lowest BCUT2D eigenvalue weighted by atomic mass is 9.95. The van der Waals surface area contributed by atoms with Crippen LogP contribution in [-0.2, 0) is 0 Å². The van der Waals surface area contributed by atoms with E-state index >= 15 is 0 Å². The fourth-order valence-corrected chi connectivity index (χ4v) is 5.06. The summed E-state index contributed by atoms with van der Waals surface area (Å²) < 4.78 is 20.3.